The van der Waals surface area contributed by atoms with Crippen LogP contribution in [-0.2, 0) is 24.2 Å². The Morgan fingerprint density at radius 2 is 2.09 bits per heavy atom. The topological polar surface area (TPSA) is 42.4 Å². The van der Waals surface area contributed by atoms with E-state index in [1.54, 1.807) is 0 Å². The smallest absolute Gasteiger partial charge is 0.227 e. The Hall–Kier alpha value is -2.36. The SMILES string of the molecule is CCOc1ccc2c(n1)CCN(C(=O)Cc1ccccc1C)C2. The number of rotatable bonds is 4. The number of benzene rings is 1. The van der Waals surface area contributed by atoms with Crippen molar-refractivity contribution in [1.29, 1.82) is 0 Å². The van der Waals surface area contributed by atoms with E-state index in [1.807, 2.05) is 55.1 Å². The summed E-state index contributed by atoms with van der Waals surface area (Å²) in [5.74, 6) is 0.852. The Balaban J connectivity index is 1.69. The molecule has 1 amide bonds. The fraction of sp³-hybridized carbons (Fsp3) is 0.368. The van der Waals surface area contributed by atoms with E-state index in [4.69, 9.17) is 4.74 Å². The lowest BCUT2D eigenvalue weighted by atomic mass is 10.0. The first kappa shape index (κ1) is 15.5. The number of fused-ring (bicyclic) bond motifs is 1. The van der Waals surface area contributed by atoms with Gasteiger partial charge in [0.1, 0.15) is 0 Å². The average Bonchev–Trinajstić information content (AvgIpc) is 2.56. The minimum atomic E-state index is 0.179. The minimum absolute atomic E-state index is 0.179. The van der Waals surface area contributed by atoms with E-state index < -0.39 is 0 Å². The van der Waals surface area contributed by atoms with Crippen molar-refractivity contribution in [3.63, 3.8) is 0 Å². The predicted molar refractivity (Wildman–Crippen MR) is 89.4 cm³/mol. The number of amides is 1. The van der Waals surface area contributed by atoms with Gasteiger partial charge in [-0.25, -0.2) is 4.98 Å². The summed E-state index contributed by atoms with van der Waals surface area (Å²) in [6.07, 6.45) is 1.25. The molecule has 0 saturated heterocycles. The van der Waals surface area contributed by atoms with Crippen LogP contribution in [0.2, 0.25) is 0 Å². The zero-order chi connectivity index (χ0) is 16.2. The van der Waals surface area contributed by atoms with Gasteiger partial charge in [-0.15, -0.1) is 0 Å². The van der Waals surface area contributed by atoms with Crippen molar-refractivity contribution in [1.82, 2.24) is 9.88 Å². The predicted octanol–water partition coefficient (Wildman–Crippen LogP) is 2.92. The molecule has 2 heterocycles. The molecule has 0 unspecified atom stereocenters. The van der Waals surface area contributed by atoms with Gasteiger partial charge < -0.3 is 9.64 Å². The number of aryl methyl sites for hydroxylation is 1. The third-order valence-electron chi connectivity index (χ3n) is 4.27. The Kier molecular flexibility index (Phi) is 4.60. The van der Waals surface area contributed by atoms with Gasteiger partial charge in [0.2, 0.25) is 11.8 Å². The van der Waals surface area contributed by atoms with Gasteiger partial charge >= 0.3 is 0 Å². The molecule has 0 bridgehead atoms. The van der Waals surface area contributed by atoms with E-state index in [2.05, 4.69) is 4.98 Å². The Morgan fingerprint density at radius 3 is 2.87 bits per heavy atom. The number of pyridine rings is 1. The van der Waals surface area contributed by atoms with Crippen molar-refractivity contribution in [2.45, 2.75) is 33.2 Å². The van der Waals surface area contributed by atoms with Gasteiger partial charge in [0.15, 0.2) is 0 Å². The van der Waals surface area contributed by atoms with Crippen LogP contribution in [0.25, 0.3) is 0 Å². The quantitative estimate of drug-likeness (QED) is 0.872. The molecule has 3 rings (SSSR count). The Labute approximate surface area is 137 Å². The molecular weight excluding hydrogens is 288 g/mol. The van der Waals surface area contributed by atoms with Gasteiger partial charge in [-0.1, -0.05) is 30.3 Å². The van der Waals surface area contributed by atoms with E-state index >= 15 is 0 Å². The van der Waals surface area contributed by atoms with Gasteiger partial charge in [0.05, 0.1) is 18.7 Å². The van der Waals surface area contributed by atoms with Crippen molar-refractivity contribution >= 4 is 5.91 Å². The highest BCUT2D eigenvalue weighted by molar-refractivity contribution is 5.79. The third-order valence-corrected chi connectivity index (χ3v) is 4.27. The van der Waals surface area contributed by atoms with E-state index in [0.29, 0.717) is 25.5 Å². The van der Waals surface area contributed by atoms with Crippen LogP contribution in [-0.4, -0.2) is 28.9 Å². The summed E-state index contributed by atoms with van der Waals surface area (Å²) < 4.78 is 5.45. The molecule has 2 aromatic rings. The standard InChI is InChI=1S/C19H22N2O2/c1-3-23-18-9-8-16-13-21(11-10-17(16)20-18)19(22)12-15-7-5-4-6-14(15)2/h4-9H,3,10-13H2,1-2H3. The number of aromatic nitrogens is 1. The molecule has 120 valence electrons. The lowest BCUT2D eigenvalue weighted by molar-refractivity contribution is -0.131. The molecular formula is C19H22N2O2. The molecule has 0 atom stereocenters. The molecule has 0 N–H and O–H groups in total. The van der Waals surface area contributed by atoms with E-state index in [9.17, 15) is 4.79 Å². The fourth-order valence-corrected chi connectivity index (χ4v) is 2.92. The Bertz CT molecular complexity index is 712. The lowest BCUT2D eigenvalue weighted by Gasteiger charge is -2.28. The molecule has 1 aromatic carbocycles. The first-order valence-electron chi connectivity index (χ1n) is 8.11. The van der Waals surface area contributed by atoms with Gasteiger partial charge in [0, 0.05) is 25.6 Å². The molecule has 1 aliphatic heterocycles. The summed E-state index contributed by atoms with van der Waals surface area (Å²) in [6, 6.07) is 12.0. The summed E-state index contributed by atoms with van der Waals surface area (Å²) in [7, 11) is 0. The highest BCUT2D eigenvalue weighted by Crippen LogP contribution is 2.21. The van der Waals surface area contributed by atoms with E-state index in [-0.39, 0.29) is 5.91 Å². The average molecular weight is 310 g/mol. The molecule has 1 aromatic heterocycles. The second-order valence-corrected chi connectivity index (χ2v) is 5.86. The summed E-state index contributed by atoms with van der Waals surface area (Å²) in [6.45, 7) is 5.98. The van der Waals surface area contributed by atoms with E-state index in [1.165, 1.54) is 5.56 Å². The zero-order valence-corrected chi connectivity index (χ0v) is 13.7. The highest BCUT2D eigenvalue weighted by atomic mass is 16.5. The van der Waals surface area contributed by atoms with Gasteiger partial charge in [-0.2, -0.15) is 0 Å². The van der Waals surface area contributed by atoms with Crippen LogP contribution in [0.3, 0.4) is 0 Å². The largest absolute Gasteiger partial charge is 0.478 e. The lowest BCUT2D eigenvalue weighted by Crippen LogP contribution is -2.37. The third kappa shape index (κ3) is 3.52. The van der Waals surface area contributed by atoms with Crippen molar-refractivity contribution in [2.75, 3.05) is 13.2 Å². The second kappa shape index (κ2) is 6.82. The molecule has 0 spiro atoms. The van der Waals surface area contributed by atoms with Gasteiger partial charge in [0.25, 0.3) is 0 Å². The first-order valence-corrected chi connectivity index (χ1v) is 8.11. The van der Waals surface area contributed by atoms with Crippen molar-refractivity contribution < 1.29 is 9.53 Å². The van der Waals surface area contributed by atoms with Crippen molar-refractivity contribution in [3.8, 4) is 5.88 Å². The summed E-state index contributed by atoms with van der Waals surface area (Å²) in [5.41, 5.74) is 4.45. The minimum Gasteiger partial charge on any atom is -0.478 e. The number of ether oxygens (including phenoxy) is 1. The molecule has 1 aliphatic rings. The number of carbonyl (C=O) groups excluding carboxylic acids is 1. The second-order valence-electron chi connectivity index (χ2n) is 5.86. The highest BCUT2D eigenvalue weighted by Gasteiger charge is 2.22. The molecule has 0 saturated carbocycles. The van der Waals surface area contributed by atoms with Crippen LogP contribution in [0.5, 0.6) is 5.88 Å². The van der Waals surface area contributed by atoms with Crippen molar-refractivity contribution in [3.05, 3.63) is 58.8 Å². The summed E-state index contributed by atoms with van der Waals surface area (Å²) >= 11 is 0. The normalized spacial score (nSPS) is 13.6. The Morgan fingerprint density at radius 1 is 1.26 bits per heavy atom. The summed E-state index contributed by atoms with van der Waals surface area (Å²) in [5, 5.41) is 0. The van der Waals surface area contributed by atoms with Crippen LogP contribution < -0.4 is 4.74 Å². The molecule has 0 fully saturated rings. The van der Waals surface area contributed by atoms with E-state index in [0.717, 1.165) is 29.8 Å². The maximum Gasteiger partial charge on any atom is 0.227 e. The molecule has 4 nitrogen and oxygen atoms in total. The molecule has 4 heteroatoms. The molecule has 0 aliphatic carbocycles. The maximum atomic E-state index is 12.6. The van der Waals surface area contributed by atoms with Crippen LogP contribution in [0.4, 0.5) is 0 Å². The van der Waals surface area contributed by atoms with Crippen LogP contribution in [0.1, 0.15) is 29.3 Å². The van der Waals surface area contributed by atoms with Crippen molar-refractivity contribution in [2.24, 2.45) is 0 Å². The number of hydrogen-bond donors (Lipinski definition) is 0. The number of nitrogens with zero attached hydrogens (tertiary/aromatic N) is 2. The number of carbonyl (C=O) groups is 1. The first-order chi connectivity index (χ1) is 11.2. The summed E-state index contributed by atoms with van der Waals surface area (Å²) in [4.78, 5) is 19.0. The number of hydrogen-bond acceptors (Lipinski definition) is 3. The molecule has 0 radical (unpaired) electrons. The fourth-order valence-electron chi connectivity index (χ4n) is 2.92. The van der Waals surface area contributed by atoms with Gasteiger partial charge in [-0.3, -0.25) is 4.79 Å². The molecule has 23 heavy (non-hydrogen) atoms. The van der Waals surface area contributed by atoms with Crippen LogP contribution in [0.15, 0.2) is 36.4 Å². The van der Waals surface area contributed by atoms with Crippen LogP contribution in [0, 0.1) is 6.92 Å². The zero-order valence-electron chi connectivity index (χ0n) is 13.7. The van der Waals surface area contributed by atoms with Gasteiger partial charge in [-0.05, 0) is 30.5 Å². The van der Waals surface area contributed by atoms with Crippen LogP contribution >= 0.6 is 0 Å². The maximum absolute atomic E-state index is 12.6. The monoisotopic (exact) mass is 310 g/mol.